The molecule has 9 heteroatoms. The highest BCUT2D eigenvalue weighted by Gasteiger charge is 2.14. The average Bonchev–Trinajstić information content (AvgIpc) is 3.14. The van der Waals surface area contributed by atoms with Gasteiger partial charge in [-0.25, -0.2) is 13.2 Å². The number of nitrogens with one attached hydrogen (secondary N) is 3. The second kappa shape index (κ2) is 8.90. The van der Waals surface area contributed by atoms with Crippen LogP contribution in [0.15, 0.2) is 60.9 Å². The molecule has 2 aromatic carbocycles. The molecule has 0 fully saturated rings. The van der Waals surface area contributed by atoms with Crippen molar-refractivity contribution in [2.24, 2.45) is 0 Å². The summed E-state index contributed by atoms with van der Waals surface area (Å²) in [7, 11) is -3.34. The highest BCUT2D eigenvalue weighted by atomic mass is 35.5. The van der Waals surface area contributed by atoms with Gasteiger partial charge in [-0.3, -0.25) is 5.10 Å². The number of aromatic nitrogens is 2. The summed E-state index contributed by atoms with van der Waals surface area (Å²) in [5.74, 6) is -0.170. The van der Waals surface area contributed by atoms with Gasteiger partial charge in [0.15, 0.2) is 9.84 Å². The number of hydrogen-bond acceptors (Lipinski definition) is 4. The smallest absolute Gasteiger partial charge is 0.319 e. The molecule has 1 aromatic heterocycles. The Kier molecular flexibility index (Phi) is 6.33. The van der Waals surface area contributed by atoms with Crippen LogP contribution in [0.1, 0.15) is 16.7 Å². The van der Waals surface area contributed by atoms with E-state index in [1.165, 1.54) is 0 Å². The van der Waals surface area contributed by atoms with E-state index in [1.54, 1.807) is 60.9 Å². The fraction of sp³-hybridized carbons (Fsp3) is 0.158. The summed E-state index contributed by atoms with van der Waals surface area (Å²) < 4.78 is 24.8. The van der Waals surface area contributed by atoms with Crippen molar-refractivity contribution in [2.45, 2.75) is 18.1 Å². The van der Waals surface area contributed by atoms with Gasteiger partial charge in [0, 0.05) is 29.0 Å². The van der Waals surface area contributed by atoms with Crippen LogP contribution in [0.3, 0.4) is 0 Å². The van der Waals surface area contributed by atoms with Gasteiger partial charge in [0.25, 0.3) is 0 Å². The first-order valence-corrected chi connectivity index (χ1v) is 10.7. The first-order chi connectivity index (χ1) is 13.4. The first kappa shape index (κ1) is 19.9. The minimum atomic E-state index is -3.34. The molecule has 0 aliphatic carbocycles. The van der Waals surface area contributed by atoms with Crippen molar-refractivity contribution in [3.63, 3.8) is 0 Å². The van der Waals surface area contributed by atoms with Crippen molar-refractivity contribution in [1.82, 2.24) is 15.5 Å². The molecule has 0 aliphatic rings. The van der Waals surface area contributed by atoms with E-state index >= 15 is 0 Å². The zero-order valence-corrected chi connectivity index (χ0v) is 16.4. The van der Waals surface area contributed by atoms with E-state index in [0.29, 0.717) is 28.4 Å². The summed E-state index contributed by atoms with van der Waals surface area (Å²) >= 11 is 5.91. The number of rotatable bonds is 7. The topological polar surface area (TPSA) is 104 Å². The van der Waals surface area contributed by atoms with E-state index in [4.69, 9.17) is 11.6 Å². The summed E-state index contributed by atoms with van der Waals surface area (Å²) in [6.07, 6.45) is 3.32. The zero-order valence-electron chi connectivity index (χ0n) is 14.9. The number of H-pyrrole nitrogens is 1. The Morgan fingerprint density at radius 3 is 2.46 bits per heavy atom. The fourth-order valence-electron chi connectivity index (χ4n) is 2.60. The van der Waals surface area contributed by atoms with E-state index in [2.05, 4.69) is 20.8 Å². The molecule has 0 spiro atoms. The van der Waals surface area contributed by atoms with Crippen LogP contribution in [-0.2, 0) is 27.9 Å². The van der Waals surface area contributed by atoms with Crippen molar-refractivity contribution in [3.8, 4) is 0 Å². The lowest BCUT2D eigenvalue weighted by Gasteiger charge is -2.09. The Labute approximate surface area is 168 Å². The molecule has 0 saturated heterocycles. The largest absolute Gasteiger partial charge is 0.334 e. The molecular formula is C19H19ClN4O3S. The number of carbonyl (C=O) groups excluding carboxylic acids is 1. The maximum atomic E-state index is 12.4. The Balaban J connectivity index is 1.54. The standard InChI is InChI=1S/C19H19ClN4O3S/c20-17-3-1-2-15(8-17)13-28(26,27)12-14-4-6-18(7-5-14)24-19(25)21-9-16-10-22-23-11-16/h1-8,10-11H,9,12-13H2,(H,22,23)(H2,21,24,25). The maximum absolute atomic E-state index is 12.4. The van der Waals surface area contributed by atoms with Gasteiger partial charge >= 0.3 is 6.03 Å². The van der Waals surface area contributed by atoms with Crippen molar-refractivity contribution in [3.05, 3.63) is 82.6 Å². The third-order valence-corrected chi connectivity index (χ3v) is 5.66. The molecule has 3 N–H and O–H groups in total. The molecule has 3 aromatic rings. The highest BCUT2D eigenvalue weighted by Crippen LogP contribution is 2.17. The van der Waals surface area contributed by atoms with Crippen LogP contribution in [0.2, 0.25) is 5.02 Å². The van der Waals surface area contributed by atoms with Gasteiger partial charge < -0.3 is 10.6 Å². The van der Waals surface area contributed by atoms with Crippen molar-refractivity contribution >= 4 is 33.2 Å². The van der Waals surface area contributed by atoms with Crippen LogP contribution in [0.4, 0.5) is 10.5 Å². The van der Waals surface area contributed by atoms with E-state index in [9.17, 15) is 13.2 Å². The molecule has 7 nitrogen and oxygen atoms in total. The summed E-state index contributed by atoms with van der Waals surface area (Å²) in [5.41, 5.74) is 2.72. The number of urea groups is 1. The Hall–Kier alpha value is -2.84. The lowest BCUT2D eigenvalue weighted by Crippen LogP contribution is -2.28. The minimum absolute atomic E-state index is 0.0794. The van der Waals surface area contributed by atoms with Crippen LogP contribution in [-0.4, -0.2) is 24.6 Å². The lowest BCUT2D eigenvalue weighted by molar-refractivity contribution is 0.251. The molecule has 0 bridgehead atoms. The third-order valence-electron chi connectivity index (χ3n) is 3.88. The molecule has 28 heavy (non-hydrogen) atoms. The predicted octanol–water partition coefficient (Wildman–Crippen LogP) is 3.50. The zero-order chi connectivity index (χ0) is 20.0. The number of carbonyl (C=O) groups is 1. The summed E-state index contributed by atoms with van der Waals surface area (Å²) in [6, 6.07) is 13.2. The van der Waals surface area contributed by atoms with Crippen LogP contribution in [0.25, 0.3) is 0 Å². The lowest BCUT2D eigenvalue weighted by atomic mass is 10.2. The van der Waals surface area contributed by atoms with E-state index in [0.717, 1.165) is 5.56 Å². The number of halogens is 1. The number of nitrogens with zero attached hydrogens (tertiary/aromatic N) is 1. The SMILES string of the molecule is O=C(NCc1cn[nH]c1)Nc1ccc(CS(=O)(=O)Cc2cccc(Cl)c2)cc1. The molecule has 0 aliphatic heterocycles. The van der Waals surface area contributed by atoms with Crippen molar-refractivity contribution in [1.29, 1.82) is 0 Å². The van der Waals surface area contributed by atoms with Gasteiger partial charge in [0.05, 0.1) is 17.7 Å². The second-order valence-corrected chi connectivity index (χ2v) is 8.77. The normalized spacial score (nSPS) is 11.2. The molecule has 0 radical (unpaired) electrons. The first-order valence-electron chi connectivity index (χ1n) is 8.46. The number of benzene rings is 2. The van der Waals surface area contributed by atoms with Gasteiger partial charge in [0.2, 0.25) is 0 Å². The molecule has 0 unspecified atom stereocenters. The van der Waals surface area contributed by atoms with Gasteiger partial charge in [-0.2, -0.15) is 5.10 Å². The maximum Gasteiger partial charge on any atom is 0.319 e. The molecule has 0 saturated carbocycles. The van der Waals surface area contributed by atoms with Crippen LogP contribution in [0, 0.1) is 0 Å². The quantitative estimate of drug-likeness (QED) is 0.546. The monoisotopic (exact) mass is 418 g/mol. The summed E-state index contributed by atoms with van der Waals surface area (Å²) in [5, 5.41) is 12.4. The molecule has 1 heterocycles. The van der Waals surface area contributed by atoms with Crippen molar-refractivity contribution < 1.29 is 13.2 Å². The van der Waals surface area contributed by atoms with E-state index in [1.807, 2.05) is 0 Å². The van der Waals surface area contributed by atoms with Crippen LogP contribution >= 0.6 is 11.6 Å². The number of amides is 2. The molecular weight excluding hydrogens is 400 g/mol. The predicted molar refractivity (Wildman–Crippen MR) is 109 cm³/mol. The average molecular weight is 419 g/mol. The van der Waals surface area contributed by atoms with Crippen LogP contribution in [0.5, 0.6) is 0 Å². The molecule has 146 valence electrons. The van der Waals surface area contributed by atoms with E-state index in [-0.39, 0.29) is 17.5 Å². The number of hydrogen-bond donors (Lipinski definition) is 3. The summed E-state index contributed by atoms with van der Waals surface area (Å²) in [4.78, 5) is 11.9. The molecule has 3 rings (SSSR count). The second-order valence-electron chi connectivity index (χ2n) is 6.27. The van der Waals surface area contributed by atoms with E-state index < -0.39 is 9.84 Å². The van der Waals surface area contributed by atoms with Crippen LogP contribution < -0.4 is 10.6 Å². The number of anilines is 1. The van der Waals surface area contributed by atoms with Crippen molar-refractivity contribution in [2.75, 3.05) is 5.32 Å². The Morgan fingerprint density at radius 1 is 1.04 bits per heavy atom. The highest BCUT2D eigenvalue weighted by molar-refractivity contribution is 7.89. The van der Waals surface area contributed by atoms with Gasteiger partial charge in [-0.05, 0) is 35.4 Å². The summed E-state index contributed by atoms with van der Waals surface area (Å²) in [6.45, 7) is 0.349. The number of sulfone groups is 1. The molecule has 0 atom stereocenters. The third kappa shape index (κ3) is 6.11. The number of aromatic amines is 1. The van der Waals surface area contributed by atoms with Gasteiger partial charge in [0.1, 0.15) is 0 Å². The Morgan fingerprint density at radius 2 is 1.79 bits per heavy atom. The van der Waals surface area contributed by atoms with Gasteiger partial charge in [-0.15, -0.1) is 0 Å². The molecule has 2 amide bonds. The minimum Gasteiger partial charge on any atom is -0.334 e. The Bertz CT molecular complexity index is 1040. The van der Waals surface area contributed by atoms with Gasteiger partial charge in [-0.1, -0.05) is 35.9 Å². The fourth-order valence-corrected chi connectivity index (χ4v) is 4.30.